The minimum Gasteiger partial charge on any atom is -0.508 e. The van der Waals surface area contributed by atoms with Gasteiger partial charge in [0, 0.05) is 35.9 Å². The Kier molecular flexibility index (Phi) is 5.02. The van der Waals surface area contributed by atoms with Gasteiger partial charge in [0.1, 0.15) is 5.75 Å². The molecule has 0 spiro atoms. The summed E-state index contributed by atoms with van der Waals surface area (Å²) in [6.07, 6.45) is 3.80. The predicted octanol–water partition coefficient (Wildman–Crippen LogP) is 3.29. The Morgan fingerprint density at radius 2 is 1.93 bits per heavy atom. The minimum absolute atomic E-state index is 0.0480. The summed E-state index contributed by atoms with van der Waals surface area (Å²) in [5.41, 5.74) is 2.65. The second kappa shape index (κ2) is 7.76. The maximum absolute atomic E-state index is 12.8. The molecule has 1 atom stereocenters. The highest BCUT2D eigenvalue weighted by Gasteiger charge is 2.28. The first-order chi connectivity index (χ1) is 13.6. The lowest BCUT2D eigenvalue weighted by atomic mass is 9.96. The molecule has 2 heterocycles. The number of nitrogens with one attached hydrogen (secondary N) is 2. The fourth-order valence-electron chi connectivity index (χ4n) is 3.76. The lowest BCUT2D eigenvalue weighted by Crippen LogP contribution is -2.44. The standard InChI is InChI=1S/C22H23N3O3/c26-18-9-7-17(8-10-18)24-22(28)15-4-3-11-25(14-15)21(27)12-16-13-23-20-6-2-1-5-19(16)20/h1-2,5-10,13,15,23,26H,3-4,11-12,14H2,(H,24,28)/t15-/m0/s1. The maximum Gasteiger partial charge on any atom is 0.229 e. The van der Waals surface area contributed by atoms with Crippen molar-refractivity contribution in [1.29, 1.82) is 0 Å². The number of hydrogen-bond donors (Lipinski definition) is 3. The molecule has 6 nitrogen and oxygen atoms in total. The van der Waals surface area contributed by atoms with Crippen LogP contribution in [-0.2, 0) is 16.0 Å². The summed E-state index contributed by atoms with van der Waals surface area (Å²) >= 11 is 0. The van der Waals surface area contributed by atoms with Gasteiger partial charge >= 0.3 is 0 Å². The van der Waals surface area contributed by atoms with Crippen LogP contribution in [0, 0.1) is 5.92 Å². The molecule has 1 fully saturated rings. The summed E-state index contributed by atoms with van der Waals surface area (Å²) in [4.78, 5) is 30.4. The van der Waals surface area contributed by atoms with E-state index in [1.807, 2.05) is 30.5 Å². The molecule has 0 unspecified atom stereocenters. The topological polar surface area (TPSA) is 85.4 Å². The number of likely N-dealkylation sites (tertiary alicyclic amines) is 1. The molecule has 0 bridgehead atoms. The number of phenols is 1. The second-order valence-electron chi connectivity index (χ2n) is 7.25. The average Bonchev–Trinajstić information content (AvgIpc) is 3.13. The SMILES string of the molecule is O=C(Nc1ccc(O)cc1)[C@H]1CCCN(C(=O)Cc2c[nH]c3ccccc23)C1. The number of fused-ring (bicyclic) bond motifs is 1. The summed E-state index contributed by atoms with van der Waals surface area (Å²) in [5.74, 6) is -0.110. The van der Waals surface area contributed by atoms with Crippen molar-refractivity contribution in [2.75, 3.05) is 18.4 Å². The maximum atomic E-state index is 12.8. The summed E-state index contributed by atoms with van der Waals surface area (Å²) in [6, 6.07) is 14.3. The van der Waals surface area contributed by atoms with Crippen LogP contribution in [0.15, 0.2) is 54.7 Å². The number of H-pyrrole nitrogens is 1. The number of amides is 2. The zero-order valence-electron chi connectivity index (χ0n) is 15.5. The zero-order chi connectivity index (χ0) is 19.5. The van der Waals surface area contributed by atoms with E-state index in [4.69, 9.17) is 0 Å². The quantitative estimate of drug-likeness (QED) is 0.610. The molecule has 6 heteroatoms. The van der Waals surface area contributed by atoms with Crippen LogP contribution < -0.4 is 5.32 Å². The molecule has 2 aromatic carbocycles. The van der Waals surface area contributed by atoms with E-state index in [0.717, 1.165) is 29.3 Å². The van der Waals surface area contributed by atoms with Crippen LogP contribution in [0.4, 0.5) is 5.69 Å². The summed E-state index contributed by atoms with van der Waals surface area (Å²) in [7, 11) is 0. The van der Waals surface area contributed by atoms with Gasteiger partial charge in [-0.05, 0) is 48.7 Å². The molecule has 0 saturated carbocycles. The Hall–Kier alpha value is -3.28. The van der Waals surface area contributed by atoms with Crippen molar-refractivity contribution < 1.29 is 14.7 Å². The number of aromatic hydroxyl groups is 1. The van der Waals surface area contributed by atoms with Crippen molar-refractivity contribution in [3.8, 4) is 5.75 Å². The van der Waals surface area contributed by atoms with E-state index in [9.17, 15) is 14.7 Å². The Morgan fingerprint density at radius 1 is 1.14 bits per heavy atom. The number of piperidine rings is 1. The third-order valence-electron chi connectivity index (χ3n) is 5.30. The lowest BCUT2D eigenvalue weighted by Gasteiger charge is -2.32. The molecule has 2 amide bonds. The first kappa shape index (κ1) is 18.1. The van der Waals surface area contributed by atoms with Crippen molar-refractivity contribution in [3.05, 3.63) is 60.3 Å². The molecule has 1 aliphatic rings. The number of nitrogens with zero attached hydrogens (tertiary/aromatic N) is 1. The minimum atomic E-state index is -0.227. The number of anilines is 1. The highest BCUT2D eigenvalue weighted by molar-refractivity contribution is 5.93. The monoisotopic (exact) mass is 377 g/mol. The first-order valence-corrected chi connectivity index (χ1v) is 9.53. The molecule has 1 aliphatic heterocycles. The molecule has 1 saturated heterocycles. The third kappa shape index (κ3) is 3.86. The highest BCUT2D eigenvalue weighted by atomic mass is 16.3. The number of aromatic amines is 1. The van der Waals surface area contributed by atoms with Gasteiger partial charge in [-0.2, -0.15) is 0 Å². The molecule has 4 rings (SSSR count). The van der Waals surface area contributed by atoms with E-state index in [1.165, 1.54) is 12.1 Å². The Bertz CT molecular complexity index is 994. The van der Waals surface area contributed by atoms with Gasteiger partial charge in [-0.1, -0.05) is 18.2 Å². The number of hydrogen-bond acceptors (Lipinski definition) is 3. The third-order valence-corrected chi connectivity index (χ3v) is 5.30. The number of carbonyl (C=O) groups is 2. The van der Waals surface area contributed by atoms with E-state index in [0.29, 0.717) is 25.2 Å². The van der Waals surface area contributed by atoms with Gasteiger partial charge in [0.15, 0.2) is 0 Å². The fourth-order valence-corrected chi connectivity index (χ4v) is 3.76. The predicted molar refractivity (Wildman–Crippen MR) is 108 cm³/mol. The van der Waals surface area contributed by atoms with Crippen LogP contribution in [0.5, 0.6) is 5.75 Å². The number of phenolic OH excluding ortho intramolecular Hbond substituents is 1. The Morgan fingerprint density at radius 3 is 2.75 bits per heavy atom. The molecule has 3 aromatic rings. The smallest absolute Gasteiger partial charge is 0.229 e. The van der Waals surface area contributed by atoms with Crippen LogP contribution in [0.25, 0.3) is 10.9 Å². The summed E-state index contributed by atoms with van der Waals surface area (Å²) in [6.45, 7) is 1.12. The second-order valence-corrected chi connectivity index (χ2v) is 7.25. The summed E-state index contributed by atoms with van der Waals surface area (Å²) in [5, 5.41) is 13.3. The van der Waals surface area contributed by atoms with E-state index in [1.54, 1.807) is 17.0 Å². The van der Waals surface area contributed by atoms with Crippen molar-refractivity contribution >= 4 is 28.4 Å². The van der Waals surface area contributed by atoms with E-state index in [2.05, 4.69) is 10.3 Å². The van der Waals surface area contributed by atoms with E-state index < -0.39 is 0 Å². The van der Waals surface area contributed by atoms with Gasteiger partial charge in [-0.15, -0.1) is 0 Å². The average molecular weight is 377 g/mol. The van der Waals surface area contributed by atoms with Crippen LogP contribution in [0.1, 0.15) is 18.4 Å². The number of carbonyl (C=O) groups excluding carboxylic acids is 2. The number of benzene rings is 2. The van der Waals surface area contributed by atoms with Crippen molar-refractivity contribution in [1.82, 2.24) is 9.88 Å². The van der Waals surface area contributed by atoms with Crippen LogP contribution in [0.3, 0.4) is 0 Å². The number of para-hydroxylation sites is 1. The van der Waals surface area contributed by atoms with Gasteiger partial charge in [0.25, 0.3) is 0 Å². The normalized spacial score (nSPS) is 16.9. The molecular formula is C22H23N3O3. The molecule has 28 heavy (non-hydrogen) atoms. The number of aromatic nitrogens is 1. The van der Waals surface area contributed by atoms with E-state index >= 15 is 0 Å². The fraction of sp³-hybridized carbons (Fsp3) is 0.273. The number of rotatable bonds is 4. The molecule has 1 aromatic heterocycles. The Balaban J connectivity index is 1.39. The van der Waals surface area contributed by atoms with Gasteiger partial charge in [0.2, 0.25) is 11.8 Å². The van der Waals surface area contributed by atoms with Crippen molar-refractivity contribution in [2.45, 2.75) is 19.3 Å². The van der Waals surface area contributed by atoms with Crippen molar-refractivity contribution in [3.63, 3.8) is 0 Å². The van der Waals surface area contributed by atoms with Crippen LogP contribution in [-0.4, -0.2) is 39.9 Å². The highest BCUT2D eigenvalue weighted by Crippen LogP contribution is 2.23. The largest absolute Gasteiger partial charge is 0.508 e. The zero-order valence-corrected chi connectivity index (χ0v) is 15.5. The Labute approximate surface area is 163 Å². The molecule has 0 aliphatic carbocycles. The van der Waals surface area contributed by atoms with Gasteiger partial charge in [0.05, 0.1) is 12.3 Å². The van der Waals surface area contributed by atoms with Crippen LogP contribution >= 0.6 is 0 Å². The molecule has 0 radical (unpaired) electrons. The van der Waals surface area contributed by atoms with Gasteiger partial charge in [-0.25, -0.2) is 0 Å². The molecule has 144 valence electrons. The van der Waals surface area contributed by atoms with Crippen molar-refractivity contribution in [2.24, 2.45) is 5.92 Å². The molecule has 3 N–H and O–H groups in total. The lowest BCUT2D eigenvalue weighted by molar-refractivity contribution is -0.133. The molecular weight excluding hydrogens is 354 g/mol. The van der Waals surface area contributed by atoms with Gasteiger partial charge in [-0.3, -0.25) is 9.59 Å². The van der Waals surface area contributed by atoms with E-state index in [-0.39, 0.29) is 23.5 Å². The van der Waals surface area contributed by atoms with Gasteiger partial charge < -0.3 is 20.3 Å². The first-order valence-electron chi connectivity index (χ1n) is 9.53. The summed E-state index contributed by atoms with van der Waals surface area (Å²) < 4.78 is 0. The van der Waals surface area contributed by atoms with Crippen LogP contribution in [0.2, 0.25) is 0 Å².